The van der Waals surface area contributed by atoms with E-state index in [2.05, 4.69) is 34.5 Å². The Kier molecular flexibility index (Phi) is 7.45. The third-order valence-corrected chi connectivity index (χ3v) is 5.44. The number of benzene rings is 2. The Hall–Kier alpha value is -1.92. The summed E-state index contributed by atoms with van der Waals surface area (Å²) in [6.45, 7) is 4.20. The van der Waals surface area contributed by atoms with Crippen LogP contribution in [0.4, 0.5) is 0 Å². The normalized spacial score (nSPS) is 15.0. The molecule has 1 saturated heterocycles. The number of amides is 1. The highest BCUT2D eigenvalue weighted by molar-refractivity contribution is 7.80. The molecule has 1 aliphatic rings. The summed E-state index contributed by atoms with van der Waals surface area (Å²) in [4.78, 5) is 16.8. The molecule has 1 N–H and O–H groups in total. The maximum absolute atomic E-state index is 12.4. The molecule has 0 atom stereocenters. The van der Waals surface area contributed by atoms with Gasteiger partial charge in [-0.25, -0.2) is 0 Å². The first kappa shape index (κ1) is 20.8. The molecule has 0 aliphatic carbocycles. The molecule has 1 fully saturated rings. The third-order valence-electron chi connectivity index (χ3n) is 4.53. The van der Waals surface area contributed by atoms with Gasteiger partial charge in [-0.3, -0.25) is 15.0 Å². The van der Waals surface area contributed by atoms with Gasteiger partial charge in [-0.15, -0.1) is 0 Å². The molecule has 3 rings (SSSR count). The molecule has 146 valence electrons. The minimum Gasteiger partial charge on any atom is -0.346 e. The monoisotopic (exact) mass is 433 g/mol. The van der Waals surface area contributed by atoms with E-state index in [1.807, 2.05) is 23.1 Å². The highest BCUT2D eigenvalue weighted by atomic mass is 35.5. The van der Waals surface area contributed by atoms with Gasteiger partial charge >= 0.3 is 0 Å². The average molecular weight is 434 g/mol. The van der Waals surface area contributed by atoms with Gasteiger partial charge in [-0.2, -0.15) is 0 Å². The summed E-state index contributed by atoms with van der Waals surface area (Å²) < 4.78 is 0. The summed E-state index contributed by atoms with van der Waals surface area (Å²) in [5, 5.41) is 3.99. The van der Waals surface area contributed by atoms with Crippen LogP contribution < -0.4 is 5.32 Å². The Labute approximate surface area is 180 Å². The van der Waals surface area contributed by atoms with Gasteiger partial charge in [0, 0.05) is 37.7 Å². The molecule has 2 aromatic carbocycles. The number of hydrogen-bond donors (Lipinski definition) is 1. The van der Waals surface area contributed by atoms with E-state index in [1.165, 1.54) is 5.56 Å². The van der Waals surface area contributed by atoms with Gasteiger partial charge < -0.3 is 4.90 Å². The molecule has 4 nitrogen and oxygen atoms in total. The number of hydrogen-bond acceptors (Lipinski definition) is 3. The lowest BCUT2D eigenvalue weighted by Crippen LogP contribution is -2.52. The average Bonchev–Trinajstić information content (AvgIpc) is 2.69. The van der Waals surface area contributed by atoms with Crippen molar-refractivity contribution in [3.63, 3.8) is 0 Å². The summed E-state index contributed by atoms with van der Waals surface area (Å²) in [6.07, 6.45) is 4.31. The second kappa shape index (κ2) is 10.0. The molecule has 28 heavy (non-hydrogen) atoms. The van der Waals surface area contributed by atoms with Crippen LogP contribution in [-0.2, 0) is 0 Å². The number of carbonyl (C=O) groups excluding carboxylic acids is 1. The predicted octanol–water partition coefficient (Wildman–Crippen LogP) is 4.34. The standard InChI is InChI=1S/C21H21Cl2N3OS/c22-17-8-9-18(19(23)15-17)20(27)24-21(28)26-13-11-25(12-14-26)10-4-7-16-5-2-1-3-6-16/h1-9,15H,10-14H2,(H,24,27,28). The number of piperazine rings is 1. The molecule has 1 aliphatic heterocycles. The van der Waals surface area contributed by atoms with Crippen molar-refractivity contribution in [1.82, 2.24) is 15.1 Å². The molecule has 0 bridgehead atoms. The van der Waals surface area contributed by atoms with Crippen LogP contribution in [0.3, 0.4) is 0 Å². The zero-order valence-electron chi connectivity index (χ0n) is 15.3. The van der Waals surface area contributed by atoms with Crippen LogP contribution in [0.25, 0.3) is 6.08 Å². The quantitative estimate of drug-likeness (QED) is 0.727. The van der Waals surface area contributed by atoms with Crippen molar-refractivity contribution in [2.24, 2.45) is 0 Å². The lowest BCUT2D eigenvalue weighted by Gasteiger charge is -2.35. The summed E-state index contributed by atoms with van der Waals surface area (Å²) in [5.74, 6) is -0.320. The number of halogens is 2. The summed E-state index contributed by atoms with van der Waals surface area (Å²) >= 11 is 17.4. The van der Waals surface area contributed by atoms with E-state index in [1.54, 1.807) is 18.2 Å². The van der Waals surface area contributed by atoms with E-state index in [0.29, 0.717) is 20.7 Å². The fourth-order valence-electron chi connectivity index (χ4n) is 2.95. The largest absolute Gasteiger partial charge is 0.346 e. The lowest BCUT2D eigenvalue weighted by atomic mass is 10.2. The van der Waals surface area contributed by atoms with Crippen LogP contribution in [0.15, 0.2) is 54.6 Å². The van der Waals surface area contributed by atoms with Crippen molar-refractivity contribution >= 4 is 52.5 Å². The molecule has 0 radical (unpaired) electrons. The molecular formula is C21H21Cl2N3OS. The van der Waals surface area contributed by atoms with Gasteiger partial charge in [-0.05, 0) is 36.0 Å². The third kappa shape index (κ3) is 5.79. The number of carbonyl (C=O) groups is 1. The van der Waals surface area contributed by atoms with Crippen LogP contribution >= 0.6 is 35.4 Å². The van der Waals surface area contributed by atoms with Crippen LogP contribution in [-0.4, -0.2) is 53.5 Å². The van der Waals surface area contributed by atoms with Gasteiger partial charge in [0.05, 0.1) is 10.6 Å². The predicted molar refractivity (Wildman–Crippen MR) is 120 cm³/mol. The van der Waals surface area contributed by atoms with Gasteiger partial charge in [-0.1, -0.05) is 65.7 Å². The number of thiocarbonyl (C=S) groups is 1. The zero-order valence-corrected chi connectivity index (χ0v) is 17.6. The molecule has 1 amide bonds. The minimum absolute atomic E-state index is 0.308. The molecule has 0 unspecified atom stereocenters. The maximum Gasteiger partial charge on any atom is 0.258 e. The highest BCUT2D eigenvalue weighted by Gasteiger charge is 2.20. The topological polar surface area (TPSA) is 35.6 Å². The second-order valence-electron chi connectivity index (χ2n) is 6.48. The first-order valence-electron chi connectivity index (χ1n) is 9.02. The van der Waals surface area contributed by atoms with Crippen LogP contribution in [0.5, 0.6) is 0 Å². The van der Waals surface area contributed by atoms with Crippen molar-refractivity contribution in [2.75, 3.05) is 32.7 Å². The van der Waals surface area contributed by atoms with E-state index in [4.69, 9.17) is 35.4 Å². The Morgan fingerprint density at radius 1 is 1.07 bits per heavy atom. The van der Waals surface area contributed by atoms with Crippen LogP contribution in [0, 0.1) is 0 Å². The summed E-state index contributed by atoms with van der Waals surface area (Å²) in [6, 6.07) is 15.0. The van der Waals surface area contributed by atoms with E-state index in [-0.39, 0.29) is 5.91 Å². The van der Waals surface area contributed by atoms with Gasteiger partial charge in [0.1, 0.15) is 0 Å². The maximum atomic E-state index is 12.4. The molecule has 7 heteroatoms. The van der Waals surface area contributed by atoms with Crippen LogP contribution in [0.2, 0.25) is 10.0 Å². The fraction of sp³-hybridized carbons (Fsp3) is 0.238. The van der Waals surface area contributed by atoms with Crippen molar-refractivity contribution in [1.29, 1.82) is 0 Å². The lowest BCUT2D eigenvalue weighted by molar-refractivity contribution is 0.0970. The Bertz CT molecular complexity index is 865. The minimum atomic E-state index is -0.320. The van der Waals surface area contributed by atoms with Crippen molar-refractivity contribution in [3.8, 4) is 0 Å². The molecule has 2 aromatic rings. The smallest absolute Gasteiger partial charge is 0.258 e. The van der Waals surface area contributed by atoms with Crippen molar-refractivity contribution < 1.29 is 4.79 Å². The first-order valence-corrected chi connectivity index (χ1v) is 10.2. The van der Waals surface area contributed by atoms with Crippen molar-refractivity contribution in [2.45, 2.75) is 0 Å². The van der Waals surface area contributed by atoms with Crippen LogP contribution in [0.1, 0.15) is 15.9 Å². The van der Waals surface area contributed by atoms with Gasteiger partial charge in [0.15, 0.2) is 5.11 Å². The Morgan fingerprint density at radius 2 is 1.79 bits per heavy atom. The Balaban J connectivity index is 1.45. The summed E-state index contributed by atoms with van der Waals surface area (Å²) in [5.41, 5.74) is 1.56. The zero-order chi connectivity index (χ0) is 19.9. The van der Waals surface area contributed by atoms with E-state index < -0.39 is 0 Å². The van der Waals surface area contributed by atoms with E-state index in [0.717, 1.165) is 32.7 Å². The SMILES string of the molecule is O=C(NC(=S)N1CCN(CC=Cc2ccccc2)CC1)c1ccc(Cl)cc1Cl. The fourth-order valence-corrected chi connectivity index (χ4v) is 3.72. The Morgan fingerprint density at radius 3 is 2.46 bits per heavy atom. The number of nitrogens with one attached hydrogen (secondary N) is 1. The number of nitrogens with zero attached hydrogens (tertiary/aromatic N) is 2. The molecule has 0 spiro atoms. The second-order valence-corrected chi connectivity index (χ2v) is 7.71. The number of rotatable bonds is 4. The molecule has 0 saturated carbocycles. The molecule has 1 heterocycles. The van der Waals surface area contributed by atoms with Gasteiger partial charge in [0.2, 0.25) is 0 Å². The van der Waals surface area contributed by atoms with E-state index in [9.17, 15) is 4.79 Å². The molecular weight excluding hydrogens is 413 g/mol. The first-order chi connectivity index (χ1) is 13.5. The van der Waals surface area contributed by atoms with E-state index >= 15 is 0 Å². The van der Waals surface area contributed by atoms with Gasteiger partial charge in [0.25, 0.3) is 5.91 Å². The molecule has 0 aromatic heterocycles. The summed E-state index contributed by atoms with van der Waals surface area (Å²) in [7, 11) is 0. The highest BCUT2D eigenvalue weighted by Crippen LogP contribution is 2.20. The van der Waals surface area contributed by atoms with Crippen molar-refractivity contribution in [3.05, 3.63) is 75.8 Å².